The van der Waals surface area contributed by atoms with Crippen LogP contribution in [0.25, 0.3) is 11.0 Å². The third kappa shape index (κ3) is 5.42. The van der Waals surface area contributed by atoms with Crippen molar-refractivity contribution in [2.24, 2.45) is 0 Å². The molecule has 1 aromatic heterocycles. The van der Waals surface area contributed by atoms with Crippen LogP contribution in [0.3, 0.4) is 0 Å². The average Bonchev–Trinajstić information content (AvgIpc) is 3.06. The summed E-state index contributed by atoms with van der Waals surface area (Å²) < 4.78 is 29.1. The molecule has 0 spiro atoms. The zero-order chi connectivity index (χ0) is 21.5. The number of carbonyl (C=O) groups excluding carboxylic acids is 1. The Bertz CT molecular complexity index is 1020. The number of hydrogen-bond acceptors (Lipinski definition) is 3. The van der Waals surface area contributed by atoms with E-state index in [4.69, 9.17) is 4.98 Å². The number of halogens is 2. The molecule has 3 aromatic rings. The summed E-state index contributed by atoms with van der Waals surface area (Å²) in [4.78, 5) is 17.0. The van der Waals surface area contributed by atoms with Crippen LogP contribution < -0.4 is 10.6 Å². The van der Waals surface area contributed by atoms with Crippen molar-refractivity contribution >= 4 is 16.9 Å². The fraction of sp³-hybridized carbons (Fsp3) is 0.391. The summed E-state index contributed by atoms with van der Waals surface area (Å²) in [6.07, 6.45) is 1.98. The SMILES string of the molecule is CCCn1c(CNC(=O)CCCc2cc(F)ccc2F)nc2cc(CNC)ccc21. The molecule has 0 atom stereocenters. The summed E-state index contributed by atoms with van der Waals surface area (Å²) in [6, 6.07) is 9.62. The van der Waals surface area contributed by atoms with E-state index in [9.17, 15) is 13.6 Å². The van der Waals surface area contributed by atoms with E-state index >= 15 is 0 Å². The van der Waals surface area contributed by atoms with Gasteiger partial charge in [-0.05, 0) is 67.8 Å². The normalized spacial score (nSPS) is 11.2. The van der Waals surface area contributed by atoms with Crippen LogP contribution in [0.2, 0.25) is 0 Å². The summed E-state index contributed by atoms with van der Waals surface area (Å²) in [6.45, 7) is 4.04. The van der Waals surface area contributed by atoms with Gasteiger partial charge < -0.3 is 15.2 Å². The molecular weight excluding hydrogens is 386 g/mol. The minimum absolute atomic E-state index is 0.127. The van der Waals surface area contributed by atoms with Crippen LogP contribution in [-0.4, -0.2) is 22.5 Å². The Hall–Kier alpha value is -2.80. The number of benzene rings is 2. The van der Waals surface area contributed by atoms with Crippen LogP contribution in [0.5, 0.6) is 0 Å². The summed E-state index contributed by atoms with van der Waals surface area (Å²) in [7, 11) is 1.91. The monoisotopic (exact) mass is 414 g/mol. The van der Waals surface area contributed by atoms with Crippen LogP contribution in [0.15, 0.2) is 36.4 Å². The molecule has 0 radical (unpaired) electrons. The molecule has 0 aliphatic heterocycles. The predicted molar refractivity (Wildman–Crippen MR) is 114 cm³/mol. The second-order valence-corrected chi connectivity index (χ2v) is 7.40. The molecule has 2 aromatic carbocycles. The average molecular weight is 415 g/mol. The Kier molecular flexibility index (Phi) is 7.52. The molecule has 3 rings (SSSR count). The molecule has 0 saturated carbocycles. The highest BCUT2D eigenvalue weighted by Crippen LogP contribution is 2.19. The highest BCUT2D eigenvalue weighted by molar-refractivity contribution is 5.78. The van der Waals surface area contributed by atoms with E-state index in [0.29, 0.717) is 24.9 Å². The van der Waals surface area contributed by atoms with E-state index in [1.54, 1.807) is 0 Å². The third-order valence-electron chi connectivity index (χ3n) is 5.02. The van der Waals surface area contributed by atoms with Crippen LogP contribution in [-0.2, 0) is 30.8 Å². The van der Waals surface area contributed by atoms with Crippen molar-refractivity contribution in [3.63, 3.8) is 0 Å². The lowest BCUT2D eigenvalue weighted by atomic mass is 10.1. The first-order valence-corrected chi connectivity index (χ1v) is 10.3. The Balaban J connectivity index is 1.60. The van der Waals surface area contributed by atoms with E-state index in [-0.39, 0.29) is 12.3 Å². The van der Waals surface area contributed by atoms with Crippen molar-refractivity contribution in [2.75, 3.05) is 7.05 Å². The number of aryl methyl sites for hydroxylation is 2. The van der Waals surface area contributed by atoms with Crippen molar-refractivity contribution in [3.8, 4) is 0 Å². The van der Waals surface area contributed by atoms with Crippen molar-refractivity contribution in [1.29, 1.82) is 0 Å². The fourth-order valence-corrected chi connectivity index (χ4v) is 3.59. The number of fused-ring (bicyclic) bond motifs is 1. The van der Waals surface area contributed by atoms with Crippen molar-refractivity contribution in [1.82, 2.24) is 20.2 Å². The molecule has 1 amide bonds. The smallest absolute Gasteiger partial charge is 0.220 e. The van der Waals surface area contributed by atoms with E-state index in [2.05, 4.69) is 40.3 Å². The van der Waals surface area contributed by atoms with Crippen LogP contribution >= 0.6 is 0 Å². The number of nitrogens with one attached hydrogen (secondary N) is 2. The topological polar surface area (TPSA) is 59.0 Å². The van der Waals surface area contributed by atoms with Gasteiger partial charge in [-0.3, -0.25) is 4.79 Å². The summed E-state index contributed by atoms with van der Waals surface area (Å²) in [5, 5.41) is 6.05. The molecular formula is C23H28F2N4O. The van der Waals surface area contributed by atoms with Gasteiger partial charge in [0.05, 0.1) is 17.6 Å². The van der Waals surface area contributed by atoms with Crippen molar-refractivity contribution in [2.45, 2.75) is 52.2 Å². The molecule has 1 heterocycles. The summed E-state index contributed by atoms with van der Waals surface area (Å²) in [5.74, 6) is -0.220. The lowest BCUT2D eigenvalue weighted by Gasteiger charge is -2.09. The lowest BCUT2D eigenvalue weighted by molar-refractivity contribution is -0.121. The van der Waals surface area contributed by atoms with Gasteiger partial charge in [-0.1, -0.05) is 13.0 Å². The largest absolute Gasteiger partial charge is 0.349 e. The van der Waals surface area contributed by atoms with E-state index in [0.717, 1.165) is 54.1 Å². The van der Waals surface area contributed by atoms with Gasteiger partial charge in [0, 0.05) is 19.5 Å². The number of imidazole rings is 1. The summed E-state index contributed by atoms with van der Waals surface area (Å²) in [5.41, 5.74) is 3.43. The van der Waals surface area contributed by atoms with E-state index in [1.165, 1.54) is 6.07 Å². The van der Waals surface area contributed by atoms with Crippen LogP contribution in [0, 0.1) is 11.6 Å². The number of nitrogens with zero attached hydrogens (tertiary/aromatic N) is 2. The number of rotatable bonds is 10. The fourth-order valence-electron chi connectivity index (χ4n) is 3.59. The quantitative estimate of drug-likeness (QED) is 0.526. The number of carbonyl (C=O) groups is 1. The standard InChI is InChI=1S/C23H28F2N4O/c1-3-11-29-21-10-7-16(14-26-2)12-20(21)28-22(29)15-27-23(30)6-4-5-17-13-18(24)8-9-19(17)25/h7-10,12-13,26H,3-6,11,14-15H2,1-2H3,(H,27,30). The maximum absolute atomic E-state index is 13.7. The van der Waals surface area contributed by atoms with Crippen LogP contribution in [0.4, 0.5) is 8.78 Å². The first kappa shape index (κ1) is 21.9. The highest BCUT2D eigenvalue weighted by atomic mass is 19.1. The van der Waals surface area contributed by atoms with Crippen molar-refractivity contribution in [3.05, 3.63) is 65.0 Å². The minimum Gasteiger partial charge on any atom is -0.349 e. The van der Waals surface area contributed by atoms with Gasteiger partial charge in [0.15, 0.2) is 0 Å². The minimum atomic E-state index is -0.469. The van der Waals surface area contributed by atoms with E-state index < -0.39 is 11.6 Å². The second kappa shape index (κ2) is 10.3. The molecule has 0 aliphatic rings. The zero-order valence-corrected chi connectivity index (χ0v) is 17.5. The lowest BCUT2D eigenvalue weighted by Crippen LogP contribution is -2.24. The molecule has 0 unspecified atom stereocenters. The van der Waals surface area contributed by atoms with Gasteiger partial charge in [-0.2, -0.15) is 0 Å². The predicted octanol–water partition coefficient (Wildman–Crippen LogP) is 4.08. The van der Waals surface area contributed by atoms with Gasteiger partial charge in [0.1, 0.15) is 17.5 Å². The van der Waals surface area contributed by atoms with Crippen LogP contribution in [0.1, 0.15) is 43.1 Å². The van der Waals surface area contributed by atoms with Gasteiger partial charge >= 0.3 is 0 Å². The molecule has 7 heteroatoms. The molecule has 0 aliphatic carbocycles. The van der Waals surface area contributed by atoms with Gasteiger partial charge in [-0.25, -0.2) is 13.8 Å². The van der Waals surface area contributed by atoms with E-state index in [1.807, 2.05) is 7.05 Å². The zero-order valence-electron chi connectivity index (χ0n) is 17.5. The molecule has 0 bridgehead atoms. The number of amides is 1. The Morgan fingerprint density at radius 3 is 2.73 bits per heavy atom. The Morgan fingerprint density at radius 2 is 1.97 bits per heavy atom. The molecule has 160 valence electrons. The second-order valence-electron chi connectivity index (χ2n) is 7.40. The van der Waals surface area contributed by atoms with Crippen molar-refractivity contribution < 1.29 is 13.6 Å². The first-order valence-electron chi connectivity index (χ1n) is 10.3. The van der Waals surface area contributed by atoms with Gasteiger partial charge in [0.2, 0.25) is 5.91 Å². The third-order valence-corrected chi connectivity index (χ3v) is 5.02. The number of aromatic nitrogens is 2. The molecule has 30 heavy (non-hydrogen) atoms. The van der Waals surface area contributed by atoms with Gasteiger partial charge in [0.25, 0.3) is 0 Å². The first-order chi connectivity index (χ1) is 14.5. The van der Waals surface area contributed by atoms with Gasteiger partial charge in [-0.15, -0.1) is 0 Å². The summed E-state index contributed by atoms with van der Waals surface area (Å²) >= 11 is 0. The highest BCUT2D eigenvalue weighted by Gasteiger charge is 2.12. The molecule has 0 saturated heterocycles. The maximum atomic E-state index is 13.7. The number of hydrogen-bond donors (Lipinski definition) is 2. The Morgan fingerprint density at radius 1 is 1.13 bits per heavy atom. The molecule has 0 fully saturated rings. The molecule has 2 N–H and O–H groups in total. The maximum Gasteiger partial charge on any atom is 0.220 e. The Labute approximate surface area is 175 Å². The molecule has 5 nitrogen and oxygen atoms in total.